The number of carbonyl (C=O) groups excluding carboxylic acids is 1. The van der Waals surface area contributed by atoms with Gasteiger partial charge in [0, 0.05) is 37.5 Å². The van der Waals surface area contributed by atoms with Crippen molar-refractivity contribution in [1.29, 1.82) is 0 Å². The van der Waals surface area contributed by atoms with E-state index in [0.29, 0.717) is 52.7 Å². The monoisotopic (exact) mass is 537 g/mol. The Hall–Kier alpha value is -5.13. The van der Waals surface area contributed by atoms with Crippen LogP contribution < -0.4 is 15.0 Å². The van der Waals surface area contributed by atoms with Crippen LogP contribution in [0.1, 0.15) is 12.0 Å². The maximum Gasteiger partial charge on any atom is 0.246 e. The topological polar surface area (TPSA) is 114 Å². The summed E-state index contributed by atoms with van der Waals surface area (Å²) < 4.78 is 23.1. The minimum Gasteiger partial charge on any atom is -0.457 e. The Labute approximate surface area is 228 Å². The Balaban J connectivity index is 1.15. The maximum absolute atomic E-state index is 15.5. The summed E-state index contributed by atoms with van der Waals surface area (Å²) in [6.45, 7) is 7.35. The van der Waals surface area contributed by atoms with Crippen LogP contribution in [0.4, 0.5) is 21.7 Å². The standard InChI is InChI=1S/C28H24FN9O2/c1-3-24(39)36-13-28(14-36)9-11-37(28)22-7-5-20-26(35-22)27(32-15-30-20)34-19-4-6-21(17(2)25(19)29)40-18-8-10-38-23(12-18)31-16-33-38/h3-8,10,12,15-16H,1,9,11,13-14H2,2H3,(H,30,32,34). The van der Waals surface area contributed by atoms with Gasteiger partial charge in [-0.05, 0) is 49.8 Å². The first-order valence-electron chi connectivity index (χ1n) is 12.8. The molecule has 7 rings (SSSR count). The maximum atomic E-state index is 15.5. The fourth-order valence-electron chi connectivity index (χ4n) is 5.34. The van der Waals surface area contributed by atoms with E-state index in [2.05, 4.69) is 36.8 Å². The number of ether oxygens (including phenoxy) is 1. The molecule has 0 atom stereocenters. The van der Waals surface area contributed by atoms with Crippen molar-refractivity contribution in [3.63, 3.8) is 0 Å². The van der Waals surface area contributed by atoms with Crippen LogP contribution in [0.3, 0.4) is 0 Å². The van der Waals surface area contributed by atoms with Gasteiger partial charge in [0.25, 0.3) is 0 Å². The van der Waals surface area contributed by atoms with E-state index in [-0.39, 0.29) is 17.1 Å². The number of hydrogen-bond donors (Lipinski definition) is 1. The number of halogens is 1. The molecule has 1 amide bonds. The third kappa shape index (κ3) is 3.79. The minimum absolute atomic E-state index is 0.0611. The lowest BCUT2D eigenvalue weighted by molar-refractivity contribution is -0.135. The number of nitrogens with one attached hydrogen (secondary N) is 1. The molecule has 1 aromatic carbocycles. The number of hydrogen-bond acceptors (Lipinski definition) is 9. The molecule has 2 fully saturated rings. The molecule has 5 aromatic rings. The molecule has 12 heteroatoms. The summed E-state index contributed by atoms with van der Waals surface area (Å²) in [4.78, 5) is 33.7. The highest BCUT2D eigenvalue weighted by atomic mass is 19.1. The van der Waals surface area contributed by atoms with Crippen LogP contribution in [0.5, 0.6) is 11.5 Å². The van der Waals surface area contributed by atoms with Gasteiger partial charge < -0.3 is 19.9 Å². The van der Waals surface area contributed by atoms with Crippen molar-refractivity contribution in [1.82, 2.24) is 34.4 Å². The number of pyridine rings is 2. The Kier molecular flexibility index (Phi) is 5.37. The van der Waals surface area contributed by atoms with Gasteiger partial charge in [0.15, 0.2) is 17.3 Å². The number of rotatable bonds is 6. The van der Waals surface area contributed by atoms with Crippen LogP contribution in [0, 0.1) is 12.7 Å². The van der Waals surface area contributed by atoms with Gasteiger partial charge in [-0.25, -0.2) is 28.8 Å². The van der Waals surface area contributed by atoms with Crippen LogP contribution in [0.2, 0.25) is 0 Å². The van der Waals surface area contributed by atoms with E-state index in [1.807, 2.05) is 12.1 Å². The fraction of sp³-hybridized carbons (Fsp3) is 0.214. The number of carbonyl (C=O) groups is 1. The second-order valence-electron chi connectivity index (χ2n) is 9.99. The normalized spacial score (nSPS) is 15.7. The van der Waals surface area contributed by atoms with Crippen LogP contribution in [0.25, 0.3) is 16.7 Å². The van der Waals surface area contributed by atoms with Gasteiger partial charge in [0.2, 0.25) is 5.91 Å². The first-order valence-corrected chi connectivity index (χ1v) is 12.8. The van der Waals surface area contributed by atoms with E-state index < -0.39 is 5.82 Å². The van der Waals surface area contributed by atoms with Crippen molar-refractivity contribution < 1.29 is 13.9 Å². The second kappa shape index (κ2) is 8.97. The van der Waals surface area contributed by atoms with E-state index in [1.54, 1.807) is 46.8 Å². The van der Waals surface area contributed by atoms with Crippen molar-refractivity contribution in [3.05, 3.63) is 79.3 Å². The van der Waals surface area contributed by atoms with E-state index in [1.165, 1.54) is 18.7 Å². The van der Waals surface area contributed by atoms with E-state index >= 15 is 4.39 Å². The number of fused-ring (bicyclic) bond motifs is 2. The molecule has 2 saturated heterocycles. The summed E-state index contributed by atoms with van der Waals surface area (Å²) in [6, 6.07) is 10.6. The molecule has 2 aliphatic rings. The average Bonchev–Trinajstić information content (AvgIpc) is 3.40. The summed E-state index contributed by atoms with van der Waals surface area (Å²) in [5, 5.41) is 7.17. The number of likely N-dealkylation sites (tertiary alicyclic amines) is 1. The Morgan fingerprint density at radius 2 is 2.02 bits per heavy atom. The molecule has 0 bridgehead atoms. The number of aromatic nitrogens is 6. The molecular formula is C28H24FN9O2. The Bertz CT molecular complexity index is 1820. The smallest absolute Gasteiger partial charge is 0.246 e. The van der Waals surface area contributed by atoms with Crippen LogP contribution >= 0.6 is 0 Å². The molecule has 6 heterocycles. The molecular weight excluding hydrogens is 513 g/mol. The molecule has 0 radical (unpaired) electrons. The quantitative estimate of drug-likeness (QED) is 0.321. The van der Waals surface area contributed by atoms with Gasteiger partial charge in [0.1, 0.15) is 35.5 Å². The van der Waals surface area contributed by atoms with Gasteiger partial charge >= 0.3 is 0 Å². The summed E-state index contributed by atoms with van der Waals surface area (Å²) in [6.07, 6.45) is 6.93. The molecule has 200 valence electrons. The largest absolute Gasteiger partial charge is 0.457 e. The number of nitrogens with zero attached hydrogens (tertiary/aromatic N) is 8. The van der Waals surface area contributed by atoms with Gasteiger partial charge in [-0.1, -0.05) is 6.58 Å². The van der Waals surface area contributed by atoms with Gasteiger partial charge in [-0.15, -0.1) is 0 Å². The lowest BCUT2D eigenvalue weighted by Crippen LogP contribution is -2.77. The van der Waals surface area contributed by atoms with Crippen LogP contribution in [-0.4, -0.2) is 65.5 Å². The van der Waals surface area contributed by atoms with Crippen molar-refractivity contribution in [2.75, 3.05) is 29.9 Å². The minimum atomic E-state index is -0.466. The number of benzene rings is 1. The molecule has 11 nitrogen and oxygen atoms in total. The van der Waals surface area contributed by atoms with Crippen molar-refractivity contribution >= 4 is 39.9 Å². The van der Waals surface area contributed by atoms with Gasteiger partial charge in [-0.3, -0.25) is 4.79 Å². The van der Waals surface area contributed by atoms with E-state index in [9.17, 15) is 4.79 Å². The molecule has 1 spiro atoms. The van der Waals surface area contributed by atoms with Crippen LogP contribution in [0.15, 0.2) is 67.9 Å². The zero-order valence-electron chi connectivity index (χ0n) is 21.6. The molecule has 40 heavy (non-hydrogen) atoms. The highest BCUT2D eigenvalue weighted by Gasteiger charge is 2.55. The zero-order valence-corrected chi connectivity index (χ0v) is 21.6. The molecule has 2 aliphatic heterocycles. The third-order valence-corrected chi connectivity index (χ3v) is 7.64. The molecule has 0 unspecified atom stereocenters. The molecule has 0 saturated carbocycles. The number of anilines is 3. The van der Waals surface area contributed by atoms with Crippen LogP contribution in [-0.2, 0) is 4.79 Å². The predicted octanol–water partition coefficient (Wildman–Crippen LogP) is 4.03. The lowest BCUT2D eigenvalue weighted by Gasteiger charge is -2.62. The summed E-state index contributed by atoms with van der Waals surface area (Å²) in [5.41, 5.74) is 2.25. The summed E-state index contributed by atoms with van der Waals surface area (Å²) >= 11 is 0. The summed E-state index contributed by atoms with van der Waals surface area (Å²) in [5.74, 6) is 1.54. The molecule has 1 N–H and O–H groups in total. The SMILES string of the molecule is C=CC(=O)N1CC2(CCN2c2ccc3ncnc(Nc4ccc(Oc5ccn6ncnc6c5)c(C)c4F)c3n2)C1. The Morgan fingerprint density at radius 3 is 2.83 bits per heavy atom. The second-order valence-corrected chi connectivity index (χ2v) is 9.99. The zero-order chi connectivity index (χ0) is 27.4. The molecule has 0 aliphatic carbocycles. The summed E-state index contributed by atoms with van der Waals surface area (Å²) in [7, 11) is 0. The fourth-order valence-corrected chi connectivity index (χ4v) is 5.34. The van der Waals surface area contributed by atoms with Gasteiger partial charge in [-0.2, -0.15) is 5.10 Å². The van der Waals surface area contributed by atoms with Crippen molar-refractivity contribution in [2.45, 2.75) is 18.9 Å². The third-order valence-electron chi connectivity index (χ3n) is 7.64. The van der Waals surface area contributed by atoms with Gasteiger partial charge in [0.05, 0.1) is 16.7 Å². The van der Waals surface area contributed by atoms with Crippen molar-refractivity contribution in [3.8, 4) is 11.5 Å². The first-order chi connectivity index (χ1) is 19.4. The first kappa shape index (κ1) is 23.9. The Morgan fingerprint density at radius 1 is 1.15 bits per heavy atom. The highest BCUT2D eigenvalue weighted by Crippen LogP contribution is 2.42. The number of amides is 1. The van der Waals surface area contributed by atoms with E-state index in [0.717, 1.165) is 18.8 Å². The van der Waals surface area contributed by atoms with E-state index in [4.69, 9.17) is 9.72 Å². The van der Waals surface area contributed by atoms with Crippen molar-refractivity contribution in [2.24, 2.45) is 0 Å². The predicted molar refractivity (Wildman–Crippen MR) is 146 cm³/mol. The average molecular weight is 538 g/mol. The lowest BCUT2D eigenvalue weighted by atomic mass is 9.77. The molecule has 4 aromatic heterocycles. The highest BCUT2D eigenvalue weighted by molar-refractivity contribution is 5.89.